The summed E-state index contributed by atoms with van der Waals surface area (Å²) >= 11 is 0. The van der Waals surface area contributed by atoms with Gasteiger partial charge in [0.2, 0.25) is 5.91 Å². The van der Waals surface area contributed by atoms with Crippen molar-refractivity contribution in [3.63, 3.8) is 0 Å². The minimum absolute atomic E-state index is 0.00991. The quantitative estimate of drug-likeness (QED) is 0.327. The van der Waals surface area contributed by atoms with Crippen LogP contribution < -0.4 is 0 Å². The van der Waals surface area contributed by atoms with Crippen LogP contribution in [0.3, 0.4) is 0 Å². The molecular formula is C19H35N5O5. The van der Waals surface area contributed by atoms with Crippen molar-refractivity contribution in [2.45, 2.75) is 0 Å². The van der Waals surface area contributed by atoms with Crippen LogP contribution in [-0.4, -0.2) is 149 Å². The lowest BCUT2D eigenvalue weighted by atomic mass is 10.3. The number of carbonyl (C=O) groups excluding carboxylic acids is 4. The molecule has 1 rings (SSSR count). The molecule has 0 unspecified atom stereocenters. The maximum absolute atomic E-state index is 12.2. The van der Waals surface area contributed by atoms with Crippen LogP contribution in [-0.2, 0) is 23.9 Å². The van der Waals surface area contributed by atoms with E-state index in [2.05, 4.69) is 4.90 Å². The lowest BCUT2D eigenvalue weighted by Crippen LogP contribution is -2.49. The molecular weight excluding hydrogens is 378 g/mol. The van der Waals surface area contributed by atoms with Gasteiger partial charge in [-0.25, -0.2) is 0 Å². The summed E-state index contributed by atoms with van der Waals surface area (Å²) in [6.07, 6.45) is 1.75. The zero-order chi connectivity index (χ0) is 21.6. The molecule has 0 aromatic rings. The monoisotopic (exact) mass is 413 g/mol. The van der Waals surface area contributed by atoms with Crippen LogP contribution >= 0.6 is 0 Å². The molecule has 0 spiro atoms. The van der Waals surface area contributed by atoms with E-state index in [1.54, 1.807) is 19.0 Å². The third-order valence-electron chi connectivity index (χ3n) is 5.03. The number of rotatable bonds is 8. The summed E-state index contributed by atoms with van der Waals surface area (Å²) in [5, 5.41) is 0. The Morgan fingerprint density at radius 1 is 0.759 bits per heavy atom. The van der Waals surface area contributed by atoms with E-state index in [9.17, 15) is 19.2 Å². The van der Waals surface area contributed by atoms with Crippen molar-refractivity contribution in [3.05, 3.63) is 0 Å². The Morgan fingerprint density at radius 2 is 1.14 bits per heavy atom. The highest BCUT2D eigenvalue weighted by Gasteiger charge is 2.19. The highest BCUT2D eigenvalue weighted by molar-refractivity contribution is 5.77. The van der Waals surface area contributed by atoms with Crippen LogP contribution in [0.1, 0.15) is 0 Å². The van der Waals surface area contributed by atoms with Crippen molar-refractivity contribution in [2.24, 2.45) is 0 Å². The van der Waals surface area contributed by atoms with Crippen LogP contribution in [0.25, 0.3) is 0 Å². The van der Waals surface area contributed by atoms with Crippen LogP contribution in [0.5, 0.6) is 0 Å². The summed E-state index contributed by atoms with van der Waals surface area (Å²) in [4.78, 5) is 55.7. The van der Waals surface area contributed by atoms with E-state index in [1.165, 1.54) is 7.11 Å². The molecule has 0 aliphatic carbocycles. The Hall–Kier alpha value is -1.88. The van der Waals surface area contributed by atoms with Crippen LogP contribution in [0.15, 0.2) is 0 Å². The molecule has 0 atom stereocenters. The maximum Gasteiger partial charge on any atom is 0.319 e. The fourth-order valence-corrected chi connectivity index (χ4v) is 3.05. The molecule has 0 aromatic heterocycles. The van der Waals surface area contributed by atoms with Crippen LogP contribution in [0.2, 0.25) is 0 Å². The molecule has 10 heteroatoms. The Labute approximate surface area is 173 Å². The van der Waals surface area contributed by atoms with Gasteiger partial charge in [-0.05, 0) is 0 Å². The third kappa shape index (κ3) is 10.5. The number of hydrogen-bond donors (Lipinski definition) is 0. The molecule has 0 bridgehead atoms. The van der Waals surface area contributed by atoms with Crippen molar-refractivity contribution >= 4 is 24.4 Å². The highest BCUT2D eigenvalue weighted by atomic mass is 16.5. The lowest BCUT2D eigenvalue weighted by Gasteiger charge is -2.33. The number of nitrogens with zero attached hydrogens (tertiary/aromatic N) is 5. The van der Waals surface area contributed by atoms with Gasteiger partial charge in [0.1, 0.15) is 12.6 Å². The zero-order valence-corrected chi connectivity index (χ0v) is 17.9. The van der Waals surface area contributed by atoms with Gasteiger partial charge in [0.15, 0.2) is 0 Å². The standard InChI is InChI=1S/C19H35N5O5/c1-20(2)18(27)16-23-8-6-21(12-14-25)4-5-22(13-15-26)7-9-24(11-10-23)17-19(28)29-3/h14-15H,4-13,16-17H2,1-3H3. The molecule has 0 N–H and O–H groups in total. The topological polar surface area (TPSA) is 93.7 Å². The van der Waals surface area contributed by atoms with Crippen molar-refractivity contribution in [1.29, 1.82) is 0 Å². The van der Waals surface area contributed by atoms with E-state index in [1.807, 2.05) is 14.7 Å². The van der Waals surface area contributed by atoms with Gasteiger partial charge in [-0.3, -0.25) is 29.2 Å². The summed E-state index contributed by atoms with van der Waals surface area (Å²) in [7, 11) is 4.81. The van der Waals surface area contributed by atoms with E-state index < -0.39 is 0 Å². The molecule has 1 aliphatic heterocycles. The number of aldehydes is 2. The summed E-state index contributed by atoms with van der Waals surface area (Å²) in [5.74, 6) is -0.303. The number of ether oxygens (including phenoxy) is 1. The second-order valence-electron chi connectivity index (χ2n) is 7.35. The van der Waals surface area contributed by atoms with Gasteiger partial charge in [-0.15, -0.1) is 0 Å². The third-order valence-corrected chi connectivity index (χ3v) is 5.03. The van der Waals surface area contributed by atoms with Crippen molar-refractivity contribution < 1.29 is 23.9 Å². The number of esters is 1. The van der Waals surface area contributed by atoms with Crippen molar-refractivity contribution in [3.8, 4) is 0 Å². The molecule has 0 aromatic carbocycles. The first-order valence-corrected chi connectivity index (χ1v) is 9.93. The average Bonchev–Trinajstić information content (AvgIpc) is 2.69. The fourth-order valence-electron chi connectivity index (χ4n) is 3.05. The summed E-state index contributed by atoms with van der Waals surface area (Å²) < 4.78 is 4.80. The highest BCUT2D eigenvalue weighted by Crippen LogP contribution is 2.01. The molecule has 1 saturated heterocycles. The molecule has 0 radical (unpaired) electrons. The predicted octanol–water partition coefficient (Wildman–Crippen LogP) is -2.13. The number of methoxy groups -OCH3 is 1. The fraction of sp³-hybridized carbons (Fsp3) is 0.789. The second kappa shape index (κ2) is 14.2. The van der Waals surface area contributed by atoms with Crippen LogP contribution in [0.4, 0.5) is 0 Å². The number of carbonyl (C=O) groups is 4. The Balaban J connectivity index is 2.89. The Bertz CT molecular complexity index is 531. The van der Waals surface area contributed by atoms with Gasteiger partial charge in [-0.1, -0.05) is 0 Å². The molecule has 0 saturated carbocycles. The van der Waals surface area contributed by atoms with Crippen molar-refractivity contribution in [1.82, 2.24) is 24.5 Å². The van der Waals surface area contributed by atoms with Gasteiger partial charge < -0.3 is 19.2 Å². The number of hydrogen-bond acceptors (Lipinski definition) is 9. The second-order valence-corrected chi connectivity index (χ2v) is 7.35. The number of likely N-dealkylation sites (N-methyl/N-ethyl adjacent to an activating group) is 1. The number of amides is 1. The zero-order valence-electron chi connectivity index (χ0n) is 17.9. The van der Waals surface area contributed by atoms with Gasteiger partial charge in [0.25, 0.3) is 0 Å². The average molecular weight is 414 g/mol. The molecule has 10 nitrogen and oxygen atoms in total. The van der Waals surface area contributed by atoms with Gasteiger partial charge in [0.05, 0.1) is 33.3 Å². The van der Waals surface area contributed by atoms with E-state index in [4.69, 9.17) is 4.74 Å². The van der Waals surface area contributed by atoms with E-state index in [0.29, 0.717) is 65.4 Å². The van der Waals surface area contributed by atoms with E-state index in [-0.39, 0.29) is 25.0 Å². The normalized spacial score (nSPS) is 19.0. The molecule has 1 amide bonds. The van der Waals surface area contributed by atoms with Gasteiger partial charge in [-0.2, -0.15) is 0 Å². The Morgan fingerprint density at radius 3 is 1.48 bits per heavy atom. The van der Waals surface area contributed by atoms with Crippen LogP contribution in [0, 0.1) is 0 Å². The molecule has 1 aliphatic rings. The smallest absolute Gasteiger partial charge is 0.319 e. The summed E-state index contributed by atoms with van der Waals surface area (Å²) in [6, 6.07) is 0. The molecule has 29 heavy (non-hydrogen) atoms. The molecule has 1 fully saturated rings. The molecule has 166 valence electrons. The van der Waals surface area contributed by atoms with Gasteiger partial charge in [0, 0.05) is 66.5 Å². The first kappa shape index (κ1) is 25.2. The summed E-state index contributed by atoms with van der Waals surface area (Å²) in [5.41, 5.74) is 0. The lowest BCUT2D eigenvalue weighted by molar-refractivity contribution is -0.142. The predicted molar refractivity (Wildman–Crippen MR) is 109 cm³/mol. The first-order valence-electron chi connectivity index (χ1n) is 9.93. The van der Waals surface area contributed by atoms with Gasteiger partial charge >= 0.3 is 5.97 Å². The molecule has 1 heterocycles. The maximum atomic E-state index is 12.2. The Kier molecular flexibility index (Phi) is 12.3. The largest absolute Gasteiger partial charge is 0.468 e. The minimum atomic E-state index is -0.313. The summed E-state index contributed by atoms with van der Waals surface area (Å²) in [6.45, 7) is 6.09. The van der Waals surface area contributed by atoms with E-state index >= 15 is 0 Å². The minimum Gasteiger partial charge on any atom is -0.468 e. The van der Waals surface area contributed by atoms with Crippen molar-refractivity contribution in [2.75, 3.05) is 99.7 Å². The SMILES string of the molecule is COC(=O)CN1CCN(CC=O)CCN(CC=O)CCN(CC(=O)N(C)C)CC1. The van der Waals surface area contributed by atoms with E-state index in [0.717, 1.165) is 12.6 Å². The first-order chi connectivity index (χ1) is 13.9.